The van der Waals surface area contributed by atoms with Crippen LogP contribution in [0.1, 0.15) is 50.1 Å². The molecule has 0 radical (unpaired) electrons. The van der Waals surface area contributed by atoms with E-state index >= 15 is 0 Å². The van der Waals surface area contributed by atoms with Crippen LogP contribution in [0.15, 0.2) is 18.2 Å². The predicted octanol–water partition coefficient (Wildman–Crippen LogP) is 5.08. The van der Waals surface area contributed by atoms with Gasteiger partial charge in [-0.2, -0.15) is 5.26 Å². The van der Waals surface area contributed by atoms with Gasteiger partial charge in [-0.05, 0) is 50.1 Å². The van der Waals surface area contributed by atoms with Gasteiger partial charge < -0.3 is 0 Å². The van der Waals surface area contributed by atoms with E-state index in [0.717, 1.165) is 22.2 Å². The summed E-state index contributed by atoms with van der Waals surface area (Å²) in [4.78, 5) is 4.50. The van der Waals surface area contributed by atoms with Gasteiger partial charge in [-0.15, -0.1) is 0 Å². The van der Waals surface area contributed by atoms with Crippen molar-refractivity contribution in [2.75, 3.05) is 0 Å². The van der Waals surface area contributed by atoms with Crippen molar-refractivity contribution in [2.45, 2.75) is 48.5 Å². The lowest BCUT2D eigenvalue weighted by Crippen LogP contribution is -1.91. The number of nitriles is 1. The normalized spacial score (nSPS) is 8.74. The first-order valence-electron chi connectivity index (χ1n) is 6.90. The highest BCUT2D eigenvalue weighted by Crippen LogP contribution is 2.22. The summed E-state index contributed by atoms with van der Waals surface area (Å²) in [7, 11) is 0. The van der Waals surface area contributed by atoms with Crippen molar-refractivity contribution in [3.8, 4) is 6.07 Å². The van der Waals surface area contributed by atoms with E-state index in [1.165, 1.54) is 5.56 Å². The van der Waals surface area contributed by atoms with E-state index in [0.29, 0.717) is 5.56 Å². The van der Waals surface area contributed by atoms with E-state index in [1.54, 1.807) is 0 Å². The molecule has 2 aromatic rings. The van der Waals surface area contributed by atoms with Crippen molar-refractivity contribution >= 4 is 10.9 Å². The lowest BCUT2D eigenvalue weighted by Gasteiger charge is -2.06. The van der Waals surface area contributed by atoms with Crippen LogP contribution in [0.2, 0.25) is 0 Å². The predicted molar refractivity (Wildman–Crippen MR) is 83.4 cm³/mol. The molecule has 0 atom stereocenters. The van der Waals surface area contributed by atoms with Crippen molar-refractivity contribution in [3.63, 3.8) is 0 Å². The monoisotopic (exact) mass is 256 g/mol. The van der Waals surface area contributed by atoms with Crippen LogP contribution < -0.4 is 0 Å². The fourth-order valence-electron chi connectivity index (χ4n) is 1.89. The number of hydrogen-bond acceptors (Lipinski definition) is 2. The molecule has 0 unspecified atom stereocenters. The van der Waals surface area contributed by atoms with E-state index in [1.807, 2.05) is 59.7 Å². The zero-order chi connectivity index (χ0) is 15.0. The number of aromatic nitrogens is 1. The van der Waals surface area contributed by atoms with Crippen LogP contribution in [-0.2, 0) is 0 Å². The van der Waals surface area contributed by atoms with Gasteiger partial charge in [0.1, 0.15) is 0 Å². The average Bonchev–Trinajstić information content (AvgIpc) is 2.44. The summed E-state index contributed by atoms with van der Waals surface area (Å²) < 4.78 is 0. The van der Waals surface area contributed by atoms with Crippen molar-refractivity contribution < 1.29 is 0 Å². The number of pyridine rings is 1. The molecule has 2 rings (SSSR count). The lowest BCUT2D eigenvalue weighted by atomic mass is 10.0. The van der Waals surface area contributed by atoms with Crippen LogP contribution in [0, 0.1) is 32.1 Å². The Morgan fingerprint density at radius 1 is 0.895 bits per heavy atom. The van der Waals surface area contributed by atoms with Gasteiger partial charge in [-0.3, -0.25) is 4.98 Å². The summed E-state index contributed by atoms with van der Waals surface area (Å²) >= 11 is 0. The first-order chi connectivity index (χ1) is 9.11. The van der Waals surface area contributed by atoms with Crippen LogP contribution in [0.4, 0.5) is 0 Å². The van der Waals surface area contributed by atoms with Crippen LogP contribution in [0.25, 0.3) is 10.9 Å². The smallest absolute Gasteiger partial charge is 0.0991 e. The zero-order valence-corrected chi connectivity index (χ0v) is 13.1. The number of fused-ring (bicyclic) bond motifs is 1. The van der Waals surface area contributed by atoms with E-state index in [2.05, 4.69) is 18.0 Å². The second kappa shape index (κ2) is 8.26. The molecule has 2 heteroatoms. The molecule has 0 spiro atoms. The standard InChI is InChI=1S/C13H12N2.2C2H6/c1-8-4-10(3)15-13-9(2)5-11(7-14)6-12(8)13;2*1-2/h4-6H,1-3H3;2*1-2H3. The summed E-state index contributed by atoms with van der Waals surface area (Å²) in [5, 5.41) is 9.98. The Balaban J connectivity index is 0.000000741. The van der Waals surface area contributed by atoms with Crippen LogP contribution >= 0.6 is 0 Å². The zero-order valence-electron chi connectivity index (χ0n) is 13.1. The second-order valence-corrected chi connectivity index (χ2v) is 3.88. The molecule has 0 N–H and O–H groups in total. The molecule has 0 aliphatic heterocycles. The summed E-state index contributed by atoms with van der Waals surface area (Å²) in [5.41, 5.74) is 4.97. The molecule has 1 aromatic heterocycles. The third-order valence-electron chi connectivity index (χ3n) is 2.57. The molecule has 2 nitrogen and oxygen atoms in total. The molecular weight excluding hydrogens is 232 g/mol. The highest BCUT2D eigenvalue weighted by atomic mass is 14.7. The molecule has 102 valence electrons. The van der Waals surface area contributed by atoms with E-state index in [-0.39, 0.29) is 0 Å². The van der Waals surface area contributed by atoms with Gasteiger partial charge in [0.2, 0.25) is 0 Å². The van der Waals surface area contributed by atoms with E-state index in [4.69, 9.17) is 5.26 Å². The Labute approximate surface area is 117 Å². The average molecular weight is 256 g/mol. The lowest BCUT2D eigenvalue weighted by molar-refractivity contribution is 1.22. The van der Waals surface area contributed by atoms with Gasteiger partial charge >= 0.3 is 0 Å². The maximum absolute atomic E-state index is 8.90. The van der Waals surface area contributed by atoms with Gasteiger partial charge in [0.15, 0.2) is 0 Å². The first kappa shape index (κ1) is 17.1. The van der Waals surface area contributed by atoms with Gasteiger partial charge in [0.05, 0.1) is 17.1 Å². The van der Waals surface area contributed by atoms with E-state index < -0.39 is 0 Å². The van der Waals surface area contributed by atoms with Gasteiger partial charge in [0.25, 0.3) is 0 Å². The third kappa shape index (κ3) is 4.06. The minimum absolute atomic E-state index is 0.703. The fourth-order valence-corrected chi connectivity index (χ4v) is 1.89. The van der Waals surface area contributed by atoms with Crippen molar-refractivity contribution in [3.05, 3.63) is 40.6 Å². The minimum atomic E-state index is 0.703. The first-order valence-corrected chi connectivity index (χ1v) is 6.90. The topological polar surface area (TPSA) is 36.7 Å². The van der Waals surface area contributed by atoms with Crippen molar-refractivity contribution in [1.82, 2.24) is 4.98 Å². The second-order valence-electron chi connectivity index (χ2n) is 3.88. The Bertz CT molecular complexity index is 578. The van der Waals surface area contributed by atoms with Crippen LogP contribution in [-0.4, -0.2) is 4.98 Å². The van der Waals surface area contributed by atoms with Gasteiger partial charge in [-0.25, -0.2) is 0 Å². The molecule has 0 saturated heterocycles. The van der Waals surface area contributed by atoms with Crippen molar-refractivity contribution in [2.24, 2.45) is 0 Å². The molecule has 0 amide bonds. The maximum Gasteiger partial charge on any atom is 0.0991 e. The third-order valence-corrected chi connectivity index (χ3v) is 2.57. The maximum atomic E-state index is 8.90. The van der Waals surface area contributed by atoms with Crippen molar-refractivity contribution in [1.29, 1.82) is 5.26 Å². The number of aryl methyl sites for hydroxylation is 3. The number of benzene rings is 1. The largest absolute Gasteiger partial charge is 0.253 e. The Morgan fingerprint density at radius 3 is 2.00 bits per heavy atom. The number of hydrogen-bond donors (Lipinski definition) is 0. The molecule has 0 fully saturated rings. The fraction of sp³-hybridized carbons (Fsp3) is 0.412. The quantitative estimate of drug-likeness (QED) is 0.658. The Morgan fingerprint density at radius 2 is 1.47 bits per heavy atom. The summed E-state index contributed by atoms with van der Waals surface area (Å²) in [6, 6.07) is 8.01. The molecule has 19 heavy (non-hydrogen) atoms. The molecule has 1 aromatic carbocycles. The molecule has 0 aliphatic carbocycles. The summed E-state index contributed by atoms with van der Waals surface area (Å²) in [6.45, 7) is 14.0. The molecular formula is C17H24N2. The Hall–Kier alpha value is -1.88. The molecule has 0 saturated carbocycles. The van der Waals surface area contributed by atoms with Crippen LogP contribution in [0.3, 0.4) is 0 Å². The minimum Gasteiger partial charge on any atom is -0.253 e. The molecule has 1 heterocycles. The van der Waals surface area contributed by atoms with E-state index in [9.17, 15) is 0 Å². The molecule has 0 bridgehead atoms. The van der Waals surface area contributed by atoms with Gasteiger partial charge in [0, 0.05) is 11.1 Å². The van der Waals surface area contributed by atoms with Gasteiger partial charge in [-0.1, -0.05) is 27.7 Å². The SMILES string of the molecule is CC.CC.Cc1cc(C)c2cc(C#N)cc(C)c2n1. The highest BCUT2D eigenvalue weighted by molar-refractivity contribution is 5.86. The van der Waals surface area contributed by atoms with Crippen LogP contribution in [0.5, 0.6) is 0 Å². The molecule has 0 aliphatic rings. The highest BCUT2D eigenvalue weighted by Gasteiger charge is 2.05. The summed E-state index contributed by atoms with van der Waals surface area (Å²) in [5.74, 6) is 0. The Kier molecular flexibility index (Phi) is 7.44. The summed E-state index contributed by atoms with van der Waals surface area (Å²) in [6.07, 6.45) is 0. The number of rotatable bonds is 0. The number of nitrogens with zero attached hydrogens (tertiary/aromatic N) is 2.